The summed E-state index contributed by atoms with van der Waals surface area (Å²) < 4.78 is 0. The number of hydrogen-bond acceptors (Lipinski definition) is 3. The fourth-order valence-electron chi connectivity index (χ4n) is 1.61. The lowest BCUT2D eigenvalue weighted by molar-refractivity contribution is 0.204. The second kappa shape index (κ2) is 5.80. The molecule has 1 atom stereocenters. The zero-order valence-corrected chi connectivity index (χ0v) is 11.5. The van der Waals surface area contributed by atoms with E-state index in [1.807, 2.05) is 11.3 Å². The van der Waals surface area contributed by atoms with Crippen molar-refractivity contribution in [3.63, 3.8) is 0 Å². The minimum atomic E-state index is 0.162. The van der Waals surface area contributed by atoms with E-state index in [9.17, 15) is 0 Å². The highest BCUT2D eigenvalue weighted by Crippen LogP contribution is 2.24. The van der Waals surface area contributed by atoms with Crippen LogP contribution in [0.2, 0.25) is 0 Å². The molecule has 1 unspecified atom stereocenters. The average molecular weight is 241 g/mol. The van der Waals surface area contributed by atoms with Crippen molar-refractivity contribution in [1.29, 1.82) is 0 Å². The zero-order valence-electron chi connectivity index (χ0n) is 10.7. The fourth-order valence-corrected chi connectivity index (χ4v) is 2.51. The maximum Gasteiger partial charge on any atom is 0.0436 e. The van der Waals surface area contributed by atoms with Crippen LogP contribution in [0.3, 0.4) is 0 Å². The van der Waals surface area contributed by atoms with Crippen LogP contribution >= 0.6 is 11.3 Å². The van der Waals surface area contributed by atoms with Crippen LogP contribution in [0, 0.1) is 12.3 Å². The monoisotopic (exact) mass is 241 g/mol. The van der Waals surface area contributed by atoms with E-state index in [1.54, 1.807) is 0 Å². The molecule has 0 bridgehead atoms. The maximum atomic E-state index is 8.96. The zero-order chi connectivity index (χ0) is 12.2. The molecular formula is C13H23NOS. The predicted octanol–water partition coefficient (Wildman–Crippen LogP) is 3.12. The highest BCUT2D eigenvalue weighted by molar-refractivity contribution is 7.12. The Hall–Kier alpha value is -0.380. The third-order valence-electron chi connectivity index (χ3n) is 2.86. The molecule has 0 aliphatic rings. The van der Waals surface area contributed by atoms with E-state index < -0.39 is 0 Å². The third-order valence-corrected chi connectivity index (χ3v) is 4.05. The topological polar surface area (TPSA) is 32.3 Å². The number of aliphatic hydroxyl groups excluding tert-OH is 1. The molecule has 0 aromatic carbocycles. The fraction of sp³-hybridized carbons (Fsp3) is 0.692. The van der Waals surface area contributed by atoms with E-state index in [2.05, 4.69) is 45.1 Å². The molecule has 16 heavy (non-hydrogen) atoms. The third kappa shape index (κ3) is 4.24. The van der Waals surface area contributed by atoms with E-state index in [0.717, 1.165) is 13.0 Å². The Morgan fingerprint density at radius 2 is 2.12 bits per heavy atom. The van der Waals surface area contributed by atoms with Gasteiger partial charge >= 0.3 is 0 Å². The Morgan fingerprint density at radius 1 is 1.44 bits per heavy atom. The molecule has 0 fully saturated rings. The Labute approximate surface area is 103 Å². The quantitative estimate of drug-likeness (QED) is 0.802. The van der Waals surface area contributed by atoms with Gasteiger partial charge in [-0.15, -0.1) is 11.3 Å². The molecule has 0 radical (unpaired) electrons. The van der Waals surface area contributed by atoms with Crippen LogP contribution in [0.4, 0.5) is 0 Å². The van der Waals surface area contributed by atoms with E-state index in [1.165, 1.54) is 9.75 Å². The molecule has 2 nitrogen and oxygen atoms in total. The molecule has 1 aromatic rings. The molecule has 3 heteroatoms. The SMILES string of the molecule is Cc1ccc(C(C)NCC(C)(C)CCO)s1. The second-order valence-electron chi connectivity index (χ2n) is 5.19. The lowest BCUT2D eigenvalue weighted by atomic mass is 9.89. The molecule has 1 aromatic heterocycles. The Balaban J connectivity index is 2.43. The molecule has 1 heterocycles. The summed E-state index contributed by atoms with van der Waals surface area (Å²) >= 11 is 1.85. The van der Waals surface area contributed by atoms with Gasteiger partial charge in [0, 0.05) is 28.9 Å². The second-order valence-corrected chi connectivity index (χ2v) is 6.51. The first-order chi connectivity index (χ1) is 7.44. The molecule has 0 spiro atoms. The lowest BCUT2D eigenvalue weighted by Crippen LogP contribution is -2.31. The Kier molecular flexibility index (Phi) is 4.96. The Morgan fingerprint density at radius 3 is 2.62 bits per heavy atom. The minimum Gasteiger partial charge on any atom is -0.396 e. The van der Waals surface area contributed by atoms with Crippen molar-refractivity contribution in [3.8, 4) is 0 Å². The maximum absolute atomic E-state index is 8.96. The summed E-state index contributed by atoms with van der Waals surface area (Å²) in [6, 6.07) is 4.75. The van der Waals surface area contributed by atoms with Gasteiger partial charge in [0.15, 0.2) is 0 Å². The number of nitrogens with one attached hydrogen (secondary N) is 1. The van der Waals surface area contributed by atoms with E-state index in [-0.39, 0.29) is 12.0 Å². The van der Waals surface area contributed by atoms with Gasteiger partial charge < -0.3 is 10.4 Å². The lowest BCUT2D eigenvalue weighted by Gasteiger charge is -2.26. The summed E-state index contributed by atoms with van der Waals surface area (Å²) in [6.07, 6.45) is 0.843. The van der Waals surface area contributed by atoms with Gasteiger partial charge in [0.05, 0.1) is 0 Å². The largest absolute Gasteiger partial charge is 0.396 e. The minimum absolute atomic E-state index is 0.162. The summed E-state index contributed by atoms with van der Waals surface area (Å²) in [7, 11) is 0. The number of aliphatic hydroxyl groups is 1. The van der Waals surface area contributed by atoms with Gasteiger partial charge in [-0.25, -0.2) is 0 Å². The Bertz CT molecular complexity index is 319. The summed E-state index contributed by atoms with van der Waals surface area (Å²) in [5.74, 6) is 0. The van der Waals surface area contributed by atoms with Gasteiger partial charge in [0.1, 0.15) is 0 Å². The van der Waals surface area contributed by atoms with Crippen LogP contribution in [0.5, 0.6) is 0 Å². The van der Waals surface area contributed by atoms with Crippen molar-refractivity contribution in [3.05, 3.63) is 21.9 Å². The van der Waals surface area contributed by atoms with Crippen LogP contribution in [-0.4, -0.2) is 18.3 Å². The highest BCUT2D eigenvalue weighted by atomic mass is 32.1. The molecule has 1 rings (SSSR count). The van der Waals surface area contributed by atoms with Gasteiger partial charge in [0.2, 0.25) is 0 Å². The standard InChI is InChI=1S/C13H23NOS/c1-10-5-6-12(16-10)11(2)14-9-13(3,4)7-8-15/h5-6,11,14-15H,7-9H2,1-4H3. The summed E-state index contributed by atoms with van der Waals surface area (Å²) in [6.45, 7) is 9.90. The molecule has 0 aliphatic heterocycles. The molecular weight excluding hydrogens is 218 g/mol. The van der Waals surface area contributed by atoms with Crippen LogP contribution < -0.4 is 5.32 Å². The van der Waals surface area contributed by atoms with Crippen molar-refractivity contribution < 1.29 is 5.11 Å². The summed E-state index contributed by atoms with van der Waals surface area (Å²) in [4.78, 5) is 2.75. The van der Waals surface area contributed by atoms with Crippen LogP contribution in [-0.2, 0) is 0 Å². The van der Waals surface area contributed by atoms with Gasteiger partial charge in [-0.2, -0.15) is 0 Å². The molecule has 0 amide bonds. The summed E-state index contributed by atoms with van der Waals surface area (Å²) in [5, 5.41) is 12.5. The van der Waals surface area contributed by atoms with Crippen LogP contribution in [0.25, 0.3) is 0 Å². The van der Waals surface area contributed by atoms with Gasteiger partial charge in [-0.05, 0) is 37.8 Å². The van der Waals surface area contributed by atoms with Gasteiger partial charge in [0.25, 0.3) is 0 Å². The number of thiophene rings is 1. The molecule has 0 aliphatic carbocycles. The molecule has 0 saturated carbocycles. The van der Waals surface area contributed by atoms with E-state index in [4.69, 9.17) is 5.11 Å². The van der Waals surface area contributed by atoms with E-state index >= 15 is 0 Å². The van der Waals surface area contributed by atoms with Crippen molar-refractivity contribution in [2.24, 2.45) is 5.41 Å². The first kappa shape index (κ1) is 13.7. The van der Waals surface area contributed by atoms with Crippen LogP contribution in [0.15, 0.2) is 12.1 Å². The predicted molar refractivity (Wildman–Crippen MR) is 71.0 cm³/mol. The van der Waals surface area contributed by atoms with Crippen molar-refractivity contribution in [1.82, 2.24) is 5.32 Å². The summed E-state index contributed by atoms with van der Waals surface area (Å²) in [5.41, 5.74) is 0.162. The smallest absolute Gasteiger partial charge is 0.0436 e. The van der Waals surface area contributed by atoms with Gasteiger partial charge in [-0.3, -0.25) is 0 Å². The molecule has 0 saturated heterocycles. The van der Waals surface area contributed by atoms with Crippen molar-refractivity contribution in [2.75, 3.05) is 13.2 Å². The molecule has 2 N–H and O–H groups in total. The van der Waals surface area contributed by atoms with E-state index in [0.29, 0.717) is 6.04 Å². The number of aryl methyl sites for hydroxylation is 1. The number of hydrogen-bond donors (Lipinski definition) is 2. The van der Waals surface area contributed by atoms with Crippen molar-refractivity contribution in [2.45, 2.75) is 40.2 Å². The normalized spacial score (nSPS) is 14.1. The highest BCUT2D eigenvalue weighted by Gasteiger charge is 2.18. The van der Waals surface area contributed by atoms with Crippen molar-refractivity contribution >= 4 is 11.3 Å². The average Bonchev–Trinajstić information content (AvgIpc) is 2.61. The molecule has 92 valence electrons. The first-order valence-electron chi connectivity index (χ1n) is 5.85. The first-order valence-corrected chi connectivity index (χ1v) is 6.67. The van der Waals surface area contributed by atoms with Crippen LogP contribution in [0.1, 0.15) is 43.0 Å². The number of rotatable bonds is 6. The van der Waals surface area contributed by atoms with Gasteiger partial charge in [-0.1, -0.05) is 13.8 Å².